The van der Waals surface area contributed by atoms with Crippen molar-refractivity contribution in [1.29, 1.82) is 0 Å². The summed E-state index contributed by atoms with van der Waals surface area (Å²) in [5.74, 6) is -0.859. The van der Waals surface area contributed by atoms with Gasteiger partial charge in [-0.3, -0.25) is 9.36 Å². The number of alkyl halides is 3. The molecule has 0 spiro atoms. The molecule has 6 rings (SSSR count). The molecule has 1 aromatic heterocycles. The van der Waals surface area contributed by atoms with Gasteiger partial charge in [0.05, 0.1) is 12.1 Å². The maximum absolute atomic E-state index is 14.1. The van der Waals surface area contributed by atoms with E-state index in [9.17, 15) is 27.9 Å². The van der Waals surface area contributed by atoms with Gasteiger partial charge in [0.1, 0.15) is 5.82 Å². The van der Waals surface area contributed by atoms with E-state index in [1.807, 2.05) is 71.6 Å². The number of carboxylic acids is 1. The summed E-state index contributed by atoms with van der Waals surface area (Å²) in [5.41, 5.74) is 3.20. The lowest BCUT2D eigenvalue weighted by atomic mass is 9.86. The third kappa shape index (κ3) is 5.68. The first-order chi connectivity index (χ1) is 21.7. The van der Waals surface area contributed by atoms with Gasteiger partial charge in [0.2, 0.25) is 0 Å². The van der Waals surface area contributed by atoms with Crippen LogP contribution >= 0.6 is 0 Å². The molecule has 0 bridgehead atoms. The minimum Gasteiger partial charge on any atom is -0.480 e. The van der Waals surface area contributed by atoms with E-state index < -0.39 is 29.3 Å². The van der Waals surface area contributed by atoms with Crippen LogP contribution in [0.15, 0.2) is 95.8 Å². The van der Waals surface area contributed by atoms with E-state index in [0.29, 0.717) is 22.5 Å². The zero-order chi connectivity index (χ0) is 33.0. The van der Waals surface area contributed by atoms with Crippen LogP contribution < -0.4 is 10.5 Å². The highest BCUT2D eigenvalue weighted by atomic mass is 19.4. The fourth-order valence-electron chi connectivity index (χ4n) is 6.50. The molecule has 0 fully saturated rings. The van der Waals surface area contributed by atoms with Crippen molar-refractivity contribution < 1.29 is 23.1 Å². The van der Waals surface area contributed by atoms with Crippen molar-refractivity contribution in [1.82, 2.24) is 4.57 Å². The third-order valence-corrected chi connectivity index (χ3v) is 8.95. The van der Waals surface area contributed by atoms with Gasteiger partial charge in [-0.2, -0.15) is 13.2 Å². The number of hydrogen-bond donors (Lipinski definition) is 1. The Morgan fingerprint density at radius 3 is 2.24 bits per heavy atom. The van der Waals surface area contributed by atoms with Gasteiger partial charge in [-0.05, 0) is 69.5 Å². The number of benzene rings is 4. The SMILES string of the molecule is Cc1c(Cc2cccc3ccccc23)c(-c2cccc(C(F)(F)F)c2)c2n(c1=O)C(C(=O)O)CN2Cc1ccc(C(C)(C)C)cc1. The molecule has 1 N–H and O–H groups in total. The Bertz CT molecular complexity index is 2020. The second kappa shape index (κ2) is 11.5. The van der Waals surface area contributed by atoms with Crippen molar-refractivity contribution in [3.63, 3.8) is 0 Å². The highest BCUT2D eigenvalue weighted by Crippen LogP contribution is 2.43. The monoisotopic (exact) mass is 624 g/mol. The summed E-state index contributed by atoms with van der Waals surface area (Å²) in [6, 6.07) is 25.6. The highest BCUT2D eigenvalue weighted by molar-refractivity contribution is 5.88. The zero-order valence-corrected chi connectivity index (χ0v) is 26.2. The van der Waals surface area contributed by atoms with Gasteiger partial charge >= 0.3 is 12.1 Å². The number of aliphatic carboxylic acids is 1. The van der Waals surface area contributed by atoms with Crippen molar-refractivity contribution in [2.24, 2.45) is 0 Å². The number of aromatic nitrogens is 1. The van der Waals surface area contributed by atoms with E-state index in [1.165, 1.54) is 10.6 Å². The smallest absolute Gasteiger partial charge is 0.416 e. The van der Waals surface area contributed by atoms with Gasteiger partial charge < -0.3 is 10.0 Å². The van der Waals surface area contributed by atoms with E-state index in [1.54, 1.807) is 13.0 Å². The maximum atomic E-state index is 14.1. The van der Waals surface area contributed by atoms with E-state index in [0.717, 1.165) is 39.6 Å². The lowest BCUT2D eigenvalue weighted by Gasteiger charge is -2.26. The number of fused-ring (bicyclic) bond motifs is 2. The van der Waals surface area contributed by atoms with Gasteiger partial charge in [-0.25, -0.2) is 4.79 Å². The van der Waals surface area contributed by atoms with E-state index in [-0.39, 0.29) is 30.5 Å². The van der Waals surface area contributed by atoms with Crippen LogP contribution in [0.2, 0.25) is 0 Å². The van der Waals surface area contributed by atoms with E-state index in [2.05, 4.69) is 20.8 Å². The number of rotatable bonds is 6. The van der Waals surface area contributed by atoms with Crippen LogP contribution in [0.4, 0.5) is 19.0 Å². The molecule has 46 heavy (non-hydrogen) atoms. The van der Waals surface area contributed by atoms with E-state index in [4.69, 9.17) is 0 Å². The Kier molecular flexibility index (Phi) is 7.79. The van der Waals surface area contributed by atoms with Crippen LogP contribution in [0.5, 0.6) is 0 Å². The number of anilines is 1. The highest BCUT2D eigenvalue weighted by Gasteiger charge is 2.39. The predicted octanol–water partition coefficient (Wildman–Crippen LogP) is 8.53. The molecule has 0 amide bonds. The summed E-state index contributed by atoms with van der Waals surface area (Å²) in [6.07, 6.45) is -4.32. The summed E-state index contributed by atoms with van der Waals surface area (Å²) in [5, 5.41) is 12.3. The van der Waals surface area contributed by atoms with Gasteiger partial charge in [-0.1, -0.05) is 99.6 Å². The molecule has 1 atom stereocenters. The molecule has 236 valence electrons. The lowest BCUT2D eigenvalue weighted by molar-refractivity contribution is -0.140. The maximum Gasteiger partial charge on any atom is 0.416 e. The summed E-state index contributed by atoms with van der Waals surface area (Å²) < 4.78 is 43.4. The van der Waals surface area contributed by atoms with Gasteiger partial charge in [0.25, 0.3) is 5.56 Å². The standard InChI is InChI=1S/C38H35F3N2O3/c1-23-31(20-26-11-7-10-25-9-5-6-14-30(25)26)33(27-12-8-13-29(19-27)38(39,40)41)34-42(22-32(36(45)46)43(34)35(23)44)21-24-15-17-28(18-16-24)37(2,3)4/h5-19,32H,20-22H2,1-4H3,(H,45,46). The first-order valence-corrected chi connectivity index (χ1v) is 15.2. The average Bonchev–Trinajstić information content (AvgIpc) is 3.38. The fraction of sp³-hybridized carbons (Fsp3) is 0.263. The molecule has 1 aliphatic heterocycles. The van der Waals surface area contributed by atoms with Crippen LogP contribution in [0.3, 0.4) is 0 Å². The summed E-state index contributed by atoms with van der Waals surface area (Å²) in [6.45, 7) is 8.25. The third-order valence-electron chi connectivity index (χ3n) is 8.95. The second-order valence-electron chi connectivity index (χ2n) is 13.1. The fourth-order valence-corrected chi connectivity index (χ4v) is 6.50. The Balaban J connectivity index is 1.61. The molecular weight excluding hydrogens is 589 g/mol. The number of hydrogen-bond acceptors (Lipinski definition) is 3. The summed E-state index contributed by atoms with van der Waals surface area (Å²) in [7, 11) is 0. The van der Waals surface area contributed by atoms with Crippen LogP contribution in [0, 0.1) is 6.92 Å². The van der Waals surface area contributed by atoms with Gasteiger partial charge in [0.15, 0.2) is 6.04 Å². The number of carbonyl (C=O) groups is 1. The first kappa shape index (κ1) is 31.1. The van der Waals surface area contributed by atoms with Crippen molar-refractivity contribution in [2.75, 3.05) is 11.4 Å². The van der Waals surface area contributed by atoms with Gasteiger partial charge in [-0.15, -0.1) is 0 Å². The van der Waals surface area contributed by atoms with Crippen molar-refractivity contribution in [3.05, 3.63) is 135 Å². The van der Waals surface area contributed by atoms with Crippen molar-refractivity contribution >= 4 is 22.6 Å². The van der Waals surface area contributed by atoms with Gasteiger partial charge in [0, 0.05) is 17.7 Å². The van der Waals surface area contributed by atoms with Crippen LogP contribution in [0.1, 0.15) is 60.2 Å². The molecule has 2 heterocycles. The van der Waals surface area contributed by atoms with Crippen LogP contribution in [-0.4, -0.2) is 22.2 Å². The van der Waals surface area contributed by atoms with Crippen molar-refractivity contribution in [2.45, 2.75) is 58.3 Å². The van der Waals surface area contributed by atoms with E-state index >= 15 is 0 Å². The molecule has 0 saturated carbocycles. The molecule has 1 aliphatic rings. The topological polar surface area (TPSA) is 62.5 Å². The number of carboxylic acid groups (broad SMARTS) is 1. The quantitative estimate of drug-likeness (QED) is 0.206. The first-order valence-electron chi connectivity index (χ1n) is 15.2. The largest absolute Gasteiger partial charge is 0.480 e. The number of nitrogens with zero attached hydrogens (tertiary/aromatic N) is 2. The molecule has 5 aromatic rings. The molecule has 8 heteroatoms. The van der Waals surface area contributed by atoms with Crippen molar-refractivity contribution in [3.8, 4) is 11.1 Å². The second-order valence-corrected chi connectivity index (χ2v) is 13.1. The Morgan fingerprint density at radius 2 is 1.57 bits per heavy atom. The lowest BCUT2D eigenvalue weighted by Crippen LogP contribution is -2.30. The summed E-state index contributed by atoms with van der Waals surface area (Å²) >= 11 is 0. The minimum atomic E-state index is -4.59. The van der Waals surface area contributed by atoms with Crippen LogP contribution in [-0.2, 0) is 29.4 Å². The zero-order valence-electron chi connectivity index (χ0n) is 26.2. The molecule has 5 nitrogen and oxygen atoms in total. The predicted molar refractivity (Wildman–Crippen MR) is 175 cm³/mol. The molecule has 4 aromatic carbocycles. The number of halogens is 3. The van der Waals surface area contributed by atoms with Crippen LogP contribution in [0.25, 0.3) is 21.9 Å². The number of pyridine rings is 1. The Labute approximate surface area is 265 Å². The molecule has 0 saturated heterocycles. The summed E-state index contributed by atoms with van der Waals surface area (Å²) in [4.78, 5) is 28.5. The minimum absolute atomic E-state index is 0.00524. The normalized spacial score (nSPS) is 14.9. The molecular formula is C38H35F3N2O3. The Hall–Kier alpha value is -4.85. The molecule has 1 unspecified atom stereocenters. The Morgan fingerprint density at radius 1 is 0.891 bits per heavy atom. The molecule has 0 radical (unpaired) electrons. The average molecular weight is 625 g/mol. The molecule has 0 aliphatic carbocycles.